The molecule has 4 N–H and O–H groups in total. The summed E-state index contributed by atoms with van der Waals surface area (Å²) in [6.07, 6.45) is 26.4. The lowest BCUT2D eigenvalue weighted by Gasteiger charge is -2.38. The van der Waals surface area contributed by atoms with E-state index in [1.165, 1.54) is 25.7 Å². The number of unbranched alkanes of at least 4 members (excludes halogenated alkanes) is 20. The van der Waals surface area contributed by atoms with Crippen LogP contribution in [0.3, 0.4) is 0 Å². The first-order chi connectivity index (χ1) is 25.0. The van der Waals surface area contributed by atoms with Crippen LogP contribution in [0.2, 0.25) is 0 Å². The molecule has 0 fully saturated rings. The van der Waals surface area contributed by atoms with Crippen molar-refractivity contribution in [1.82, 2.24) is 0 Å². The second kappa shape index (κ2) is 25.2. The highest BCUT2D eigenvalue weighted by molar-refractivity contribution is 7.53. The molecule has 0 aliphatic rings. The zero-order chi connectivity index (χ0) is 38.4. The zero-order valence-corrected chi connectivity index (χ0v) is 35.6. The molecule has 8 heteroatoms. The normalized spacial score (nSPS) is 13.0. The lowest BCUT2D eigenvalue weighted by atomic mass is 9.80. The minimum atomic E-state index is -4.66. The summed E-state index contributed by atoms with van der Waals surface area (Å²) in [5.41, 5.74) is 1.31. The van der Waals surface area contributed by atoms with Crippen molar-refractivity contribution in [1.29, 1.82) is 0 Å². The molecule has 0 radical (unpaired) electrons. The summed E-state index contributed by atoms with van der Waals surface area (Å²) in [5, 5.41) is -1.21. The Morgan fingerprint density at radius 3 is 0.846 bits per heavy atom. The highest BCUT2D eigenvalue weighted by Crippen LogP contribution is 2.66. The minimum Gasteiger partial charge on any atom is -0.324 e. The smallest absolute Gasteiger partial charge is 0.324 e. The van der Waals surface area contributed by atoms with Crippen LogP contribution < -0.4 is 0 Å². The van der Waals surface area contributed by atoms with Crippen molar-refractivity contribution in [3.63, 3.8) is 0 Å². The van der Waals surface area contributed by atoms with E-state index in [1.807, 2.05) is 36.4 Å². The molecule has 0 spiro atoms. The van der Waals surface area contributed by atoms with Gasteiger partial charge in [0, 0.05) is 0 Å². The van der Waals surface area contributed by atoms with Gasteiger partial charge in [0.25, 0.3) is 0 Å². The van der Waals surface area contributed by atoms with E-state index in [4.69, 9.17) is 0 Å². The van der Waals surface area contributed by atoms with Crippen molar-refractivity contribution < 1.29 is 28.7 Å². The third kappa shape index (κ3) is 14.3. The van der Waals surface area contributed by atoms with Gasteiger partial charge in [-0.25, -0.2) is 0 Å². The maximum absolute atomic E-state index is 13.9. The average Bonchev–Trinajstić information content (AvgIpc) is 3.11. The van der Waals surface area contributed by atoms with Crippen LogP contribution in [0.4, 0.5) is 0 Å². The Hall–Kier alpha value is -1.00. The van der Waals surface area contributed by atoms with Crippen molar-refractivity contribution in [3.8, 4) is 0 Å². The van der Waals surface area contributed by atoms with E-state index in [-0.39, 0.29) is 0 Å². The minimum absolute atomic E-state index is 0.404. The van der Waals surface area contributed by atoms with E-state index < -0.39 is 25.5 Å². The third-order valence-corrected chi connectivity index (χ3v) is 15.4. The Labute approximate surface area is 319 Å². The van der Waals surface area contributed by atoms with Gasteiger partial charge < -0.3 is 19.6 Å². The molecule has 2 aromatic rings. The Morgan fingerprint density at radius 1 is 0.385 bits per heavy atom. The molecule has 0 atom stereocenters. The van der Waals surface area contributed by atoms with E-state index in [0.29, 0.717) is 36.8 Å². The highest BCUT2D eigenvalue weighted by atomic mass is 31.2. The Kier molecular flexibility index (Phi) is 22.9. The highest BCUT2D eigenvalue weighted by Gasteiger charge is 2.50. The van der Waals surface area contributed by atoms with Crippen LogP contribution in [-0.2, 0) is 19.4 Å². The lowest BCUT2D eigenvalue weighted by molar-refractivity contribution is 0.296. The molecular formula is C44H78O6P2. The van der Waals surface area contributed by atoms with Crippen LogP contribution in [0, 0.1) is 0 Å². The molecule has 6 nitrogen and oxygen atoms in total. The van der Waals surface area contributed by atoms with Gasteiger partial charge in [0.15, 0.2) is 0 Å². The SMILES string of the molecule is CCCCCCCCC(CCCCCCCC)(c1cccc2c(C(CCCCCCCC)(CCCCCCCC)P(=O)(O)O)cccc12)P(=O)(O)O. The number of hydrogen-bond acceptors (Lipinski definition) is 2. The summed E-state index contributed by atoms with van der Waals surface area (Å²) in [6, 6.07) is 11.5. The molecule has 0 aliphatic carbocycles. The summed E-state index contributed by atoms with van der Waals surface area (Å²) >= 11 is 0. The summed E-state index contributed by atoms with van der Waals surface area (Å²) in [4.78, 5) is 45.5. The van der Waals surface area contributed by atoms with Crippen molar-refractivity contribution in [2.75, 3.05) is 0 Å². The van der Waals surface area contributed by atoms with E-state index in [2.05, 4.69) is 27.7 Å². The van der Waals surface area contributed by atoms with E-state index in [9.17, 15) is 28.7 Å². The van der Waals surface area contributed by atoms with Crippen molar-refractivity contribution in [2.24, 2.45) is 0 Å². The van der Waals surface area contributed by atoms with Gasteiger partial charge in [0.1, 0.15) is 0 Å². The van der Waals surface area contributed by atoms with Gasteiger partial charge in [-0.15, -0.1) is 0 Å². The summed E-state index contributed by atoms with van der Waals surface area (Å²) < 4.78 is 27.9. The quantitative estimate of drug-likeness (QED) is 0.0435. The second-order valence-corrected chi connectivity index (χ2v) is 19.8. The largest absolute Gasteiger partial charge is 0.336 e. The molecule has 0 aromatic heterocycles. The van der Waals surface area contributed by atoms with Gasteiger partial charge >= 0.3 is 15.2 Å². The van der Waals surface area contributed by atoms with Crippen LogP contribution in [0.5, 0.6) is 0 Å². The molecule has 0 saturated heterocycles. The Bertz CT molecular complexity index is 1200. The predicted octanol–water partition coefficient (Wildman–Crippen LogP) is 14.6. The van der Waals surface area contributed by atoms with Gasteiger partial charge in [0.05, 0.1) is 10.3 Å². The monoisotopic (exact) mass is 765 g/mol. The molecule has 0 unspecified atom stereocenters. The van der Waals surface area contributed by atoms with E-state index in [0.717, 1.165) is 139 Å². The first kappa shape index (κ1) is 47.2. The Morgan fingerprint density at radius 2 is 0.615 bits per heavy atom. The third-order valence-electron chi connectivity index (χ3n) is 11.8. The van der Waals surface area contributed by atoms with Gasteiger partial charge in [-0.1, -0.05) is 218 Å². The molecule has 52 heavy (non-hydrogen) atoms. The van der Waals surface area contributed by atoms with Gasteiger partial charge in [-0.3, -0.25) is 9.13 Å². The second-order valence-electron chi connectivity index (χ2n) is 15.9. The Balaban J connectivity index is 2.71. The summed E-state index contributed by atoms with van der Waals surface area (Å²) in [7, 11) is -9.32. The van der Waals surface area contributed by atoms with E-state index >= 15 is 0 Å². The number of fused-ring (bicyclic) bond motifs is 1. The van der Waals surface area contributed by atoms with Crippen LogP contribution in [0.1, 0.15) is 219 Å². The number of benzene rings is 2. The fourth-order valence-corrected chi connectivity index (χ4v) is 11.4. The van der Waals surface area contributed by atoms with Crippen LogP contribution in [-0.4, -0.2) is 19.6 Å². The average molecular weight is 765 g/mol. The fraction of sp³-hybridized carbons (Fsp3) is 0.773. The lowest BCUT2D eigenvalue weighted by Crippen LogP contribution is -2.29. The van der Waals surface area contributed by atoms with Crippen molar-refractivity contribution >= 4 is 26.0 Å². The zero-order valence-electron chi connectivity index (χ0n) is 33.8. The standard InChI is InChI=1S/C44H78O6P2/c1-5-9-13-17-21-25-35-43(51(45,46)47,36-26-22-18-14-10-6-2)41-33-29-32-40-39(41)31-30-34-42(40)44(52(48,49)50,37-27-23-19-15-11-7-3)38-28-24-20-16-12-8-4/h29-34H,5-28,35-38H2,1-4H3,(H2,45,46,47)(H2,48,49,50). The molecule has 2 aromatic carbocycles. The fourth-order valence-electron chi connectivity index (χ4n) is 8.60. The molecule has 300 valence electrons. The topological polar surface area (TPSA) is 115 Å². The van der Waals surface area contributed by atoms with Gasteiger partial charge in [-0.2, -0.15) is 0 Å². The molecule has 0 bridgehead atoms. The molecule has 0 heterocycles. The first-order valence-corrected chi connectivity index (χ1v) is 24.8. The van der Waals surface area contributed by atoms with Crippen molar-refractivity contribution in [3.05, 3.63) is 47.5 Å². The predicted molar refractivity (Wildman–Crippen MR) is 223 cm³/mol. The summed E-state index contributed by atoms with van der Waals surface area (Å²) in [6.45, 7) is 8.76. The van der Waals surface area contributed by atoms with Gasteiger partial charge in [-0.05, 0) is 47.6 Å². The van der Waals surface area contributed by atoms with E-state index in [1.54, 1.807) is 0 Å². The maximum atomic E-state index is 13.9. The van der Waals surface area contributed by atoms with Crippen molar-refractivity contribution in [2.45, 2.75) is 218 Å². The molecule has 0 amide bonds. The first-order valence-electron chi connectivity index (χ1n) is 21.6. The summed E-state index contributed by atoms with van der Waals surface area (Å²) in [5.74, 6) is 0. The maximum Gasteiger partial charge on any atom is 0.336 e. The molecule has 2 rings (SSSR count). The molecular weight excluding hydrogens is 686 g/mol. The van der Waals surface area contributed by atoms with Crippen LogP contribution in [0.15, 0.2) is 36.4 Å². The number of rotatable bonds is 32. The van der Waals surface area contributed by atoms with Crippen LogP contribution >= 0.6 is 15.2 Å². The molecule has 0 saturated carbocycles. The molecule has 0 aliphatic heterocycles. The van der Waals surface area contributed by atoms with Crippen LogP contribution in [0.25, 0.3) is 10.8 Å². The van der Waals surface area contributed by atoms with Gasteiger partial charge in [0.2, 0.25) is 0 Å². The number of hydrogen-bond donors (Lipinski definition) is 4.